The average molecular weight is 494 g/mol. The minimum Gasteiger partial charge on any atom is -0.494 e. The van der Waals surface area contributed by atoms with E-state index in [1.54, 1.807) is 63.4 Å². The summed E-state index contributed by atoms with van der Waals surface area (Å²) in [7, 11) is 3.09. The molecule has 1 atom stereocenters. The van der Waals surface area contributed by atoms with E-state index in [1.807, 2.05) is 0 Å². The van der Waals surface area contributed by atoms with E-state index in [-0.39, 0.29) is 30.5 Å². The Hall–Kier alpha value is -3.45. The van der Waals surface area contributed by atoms with Gasteiger partial charge < -0.3 is 19.3 Å². The molecule has 2 aromatic carbocycles. The number of hydrogen-bond acceptors (Lipinski definition) is 6. The summed E-state index contributed by atoms with van der Waals surface area (Å²) in [5.74, 6) is 1.24. The van der Waals surface area contributed by atoms with Gasteiger partial charge in [0, 0.05) is 17.5 Å². The van der Waals surface area contributed by atoms with Crippen LogP contribution in [0.1, 0.15) is 60.6 Å². The van der Waals surface area contributed by atoms with Crippen LogP contribution in [0.15, 0.2) is 48.5 Å². The molecule has 1 aromatic heterocycles. The first kappa shape index (κ1) is 25.6. The topological polar surface area (TPSA) is 77.9 Å². The molecule has 1 saturated carbocycles. The molecule has 7 heteroatoms. The van der Waals surface area contributed by atoms with Crippen molar-refractivity contribution >= 4 is 5.78 Å². The van der Waals surface area contributed by atoms with Gasteiger partial charge >= 0.3 is 0 Å². The third kappa shape index (κ3) is 5.51. The van der Waals surface area contributed by atoms with Gasteiger partial charge in [0.05, 0.1) is 26.0 Å². The summed E-state index contributed by atoms with van der Waals surface area (Å²) in [5.41, 5.74) is 1.18. The number of ketones is 1. The van der Waals surface area contributed by atoms with Crippen LogP contribution in [0.5, 0.6) is 17.2 Å². The summed E-state index contributed by atoms with van der Waals surface area (Å²) in [5, 5.41) is 11.2. The first-order chi connectivity index (χ1) is 17.2. The Morgan fingerprint density at radius 2 is 1.78 bits per heavy atom. The summed E-state index contributed by atoms with van der Waals surface area (Å²) < 4.78 is 30.6. The van der Waals surface area contributed by atoms with Gasteiger partial charge in [-0.3, -0.25) is 4.79 Å². The lowest BCUT2D eigenvalue weighted by Gasteiger charge is -2.27. The van der Waals surface area contributed by atoms with E-state index in [2.05, 4.69) is 4.98 Å². The van der Waals surface area contributed by atoms with Crippen LogP contribution in [-0.4, -0.2) is 36.2 Å². The zero-order chi connectivity index (χ0) is 25.9. The number of rotatable bonds is 10. The quantitative estimate of drug-likeness (QED) is 0.348. The van der Waals surface area contributed by atoms with Crippen LogP contribution in [0, 0.1) is 12.7 Å². The first-order valence-corrected chi connectivity index (χ1v) is 12.1. The number of hydrogen-bond donors (Lipinski definition) is 1. The number of pyridine rings is 1. The van der Waals surface area contributed by atoms with Gasteiger partial charge in [0.15, 0.2) is 17.3 Å². The number of ether oxygens (including phenoxy) is 3. The molecule has 0 amide bonds. The van der Waals surface area contributed by atoms with Gasteiger partial charge in [-0.15, -0.1) is 0 Å². The predicted octanol–water partition coefficient (Wildman–Crippen LogP) is 6.02. The lowest BCUT2D eigenvalue weighted by atomic mass is 9.92. The molecule has 36 heavy (non-hydrogen) atoms. The molecular weight excluding hydrogens is 461 g/mol. The van der Waals surface area contributed by atoms with Crippen LogP contribution >= 0.6 is 0 Å². The number of nitrogens with zero attached hydrogens (tertiary/aromatic N) is 1. The Morgan fingerprint density at radius 1 is 1.06 bits per heavy atom. The van der Waals surface area contributed by atoms with Gasteiger partial charge in [0.25, 0.3) is 0 Å². The van der Waals surface area contributed by atoms with Crippen molar-refractivity contribution in [2.45, 2.75) is 57.7 Å². The molecule has 1 aliphatic rings. The fourth-order valence-corrected chi connectivity index (χ4v) is 4.15. The van der Waals surface area contributed by atoms with Gasteiger partial charge in [-0.05, 0) is 93.6 Å². The molecule has 1 fully saturated rings. The molecule has 0 aliphatic heterocycles. The van der Waals surface area contributed by atoms with E-state index >= 15 is 0 Å². The highest BCUT2D eigenvalue weighted by molar-refractivity contribution is 5.96. The maximum atomic E-state index is 13.8. The Morgan fingerprint density at radius 3 is 2.42 bits per heavy atom. The van der Waals surface area contributed by atoms with Crippen molar-refractivity contribution in [1.29, 1.82) is 0 Å². The monoisotopic (exact) mass is 493 g/mol. The Labute approximate surface area is 211 Å². The number of halogens is 1. The molecule has 1 aliphatic carbocycles. The Kier molecular flexibility index (Phi) is 7.59. The number of carbonyl (C=O) groups excluding carboxylic acids is 1. The van der Waals surface area contributed by atoms with Crippen LogP contribution in [0.3, 0.4) is 0 Å². The van der Waals surface area contributed by atoms with Gasteiger partial charge in [0.2, 0.25) is 0 Å². The highest BCUT2D eigenvalue weighted by atomic mass is 19.1. The van der Waals surface area contributed by atoms with Crippen molar-refractivity contribution in [2.75, 3.05) is 14.2 Å². The highest BCUT2D eigenvalue weighted by Crippen LogP contribution is 2.35. The van der Waals surface area contributed by atoms with E-state index in [0.29, 0.717) is 45.3 Å². The van der Waals surface area contributed by atoms with Crippen LogP contribution in [0.2, 0.25) is 0 Å². The minimum atomic E-state index is -1.37. The van der Waals surface area contributed by atoms with E-state index < -0.39 is 5.60 Å². The molecule has 4 rings (SSSR count). The Balaban J connectivity index is 1.50. The van der Waals surface area contributed by atoms with E-state index in [9.17, 15) is 14.3 Å². The van der Waals surface area contributed by atoms with Crippen molar-refractivity contribution in [3.63, 3.8) is 0 Å². The van der Waals surface area contributed by atoms with Crippen molar-refractivity contribution in [1.82, 2.24) is 4.98 Å². The van der Waals surface area contributed by atoms with Crippen molar-refractivity contribution in [2.24, 2.45) is 0 Å². The number of carbonyl (C=O) groups is 1. The van der Waals surface area contributed by atoms with Crippen LogP contribution < -0.4 is 14.2 Å². The highest BCUT2D eigenvalue weighted by Gasteiger charge is 2.28. The normalized spacial score (nSPS) is 15.1. The lowest BCUT2D eigenvalue weighted by Crippen LogP contribution is -2.25. The third-order valence-electron chi connectivity index (χ3n) is 6.73. The molecule has 0 bridgehead atoms. The van der Waals surface area contributed by atoms with Crippen molar-refractivity contribution in [3.8, 4) is 28.5 Å². The molecular formula is C29H32FNO5. The van der Waals surface area contributed by atoms with Gasteiger partial charge in [0.1, 0.15) is 22.9 Å². The largest absolute Gasteiger partial charge is 0.494 e. The lowest BCUT2D eigenvalue weighted by molar-refractivity contribution is 0.0397. The number of aryl methyl sites for hydroxylation is 1. The van der Waals surface area contributed by atoms with E-state index in [1.165, 1.54) is 13.2 Å². The fraction of sp³-hybridized carbons (Fsp3) is 0.379. The van der Waals surface area contributed by atoms with Gasteiger partial charge in [-0.2, -0.15) is 0 Å². The molecule has 1 heterocycles. The van der Waals surface area contributed by atoms with Gasteiger partial charge in [-0.1, -0.05) is 0 Å². The molecule has 0 spiro atoms. The SMILES string of the molecule is COc1cc(C(=O)CCC(C)(O)c2ccc(OC)c(-c3ccc(F)c(C)c3)n2)ccc1OC1CCC1. The van der Waals surface area contributed by atoms with E-state index in [0.717, 1.165) is 19.3 Å². The van der Waals surface area contributed by atoms with Crippen LogP contribution in [0.4, 0.5) is 4.39 Å². The summed E-state index contributed by atoms with van der Waals surface area (Å²) >= 11 is 0. The second-order valence-electron chi connectivity index (χ2n) is 9.44. The standard InChI is InChI=1S/C29H32FNO5/c1-18-16-20(8-10-22(18)30)28-25(34-3)12-13-27(31-28)29(2,33)15-14-23(32)19-9-11-24(26(17-19)35-4)36-21-6-5-7-21/h8-13,16-17,21,33H,5-7,14-15H2,1-4H3. The number of aromatic nitrogens is 1. The maximum Gasteiger partial charge on any atom is 0.163 e. The third-order valence-corrected chi connectivity index (χ3v) is 6.73. The molecule has 3 aromatic rings. The zero-order valence-corrected chi connectivity index (χ0v) is 21.1. The van der Waals surface area contributed by atoms with E-state index in [4.69, 9.17) is 14.2 Å². The average Bonchev–Trinajstić information content (AvgIpc) is 2.86. The second kappa shape index (κ2) is 10.7. The maximum absolute atomic E-state index is 13.8. The summed E-state index contributed by atoms with van der Waals surface area (Å²) in [6.07, 6.45) is 3.70. The summed E-state index contributed by atoms with van der Waals surface area (Å²) in [4.78, 5) is 17.6. The van der Waals surface area contributed by atoms with Gasteiger partial charge in [-0.25, -0.2) is 9.37 Å². The minimum absolute atomic E-state index is 0.109. The number of methoxy groups -OCH3 is 2. The summed E-state index contributed by atoms with van der Waals surface area (Å²) in [6, 6.07) is 13.3. The molecule has 6 nitrogen and oxygen atoms in total. The predicted molar refractivity (Wildman–Crippen MR) is 135 cm³/mol. The first-order valence-electron chi connectivity index (χ1n) is 12.1. The van der Waals surface area contributed by atoms with Crippen LogP contribution in [0.25, 0.3) is 11.3 Å². The van der Waals surface area contributed by atoms with Crippen LogP contribution in [-0.2, 0) is 5.60 Å². The molecule has 0 radical (unpaired) electrons. The molecule has 190 valence electrons. The zero-order valence-electron chi connectivity index (χ0n) is 21.1. The Bertz CT molecular complexity index is 1250. The number of Topliss-reactive ketones (excluding diaryl/α,β-unsaturated/α-hetero) is 1. The second-order valence-corrected chi connectivity index (χ2v) is 9.44. The smallest absolute Gasteiger partial charge is 0.163 e. The number of aliphatic hydroxyl groups is 1. The number of benzene rings is 2. The molecule has 1 unspecified atom stereocenters. The summed E-state index contributed by atoms with van der Waals surface area (Å²) in [6.45, 7) is 3.31. The van der Waals surface area contributed by atoms with Crippen molar-refractivity contribution in [3.05, 3.63) is 71.2 Å². The molecule has 1 N–H and O–H groups in total. The fourth-order valence-electron chi connectivity index (χ4n) is 4.15. The van der Waals surface area contributed by atoms with Crippen molar-refractivity contribution < 1.29 is 28.5 Å². The molecule has 0 saturated heterocycles.